The first-order valence-corrected chi connectivity index (χ1v) is 11.4. The van der Waals surface area contributed by atoms with Crippen molar-refractivity contribution in [2.45, 2.75) is 33.4 Å². The molecular formula is C25H24N4O3S. The number of hydrazone groups is 1. The van der Waals surface area contributed by atoms with Crippen LogP contribution in [0.2, 0.25) is 0 Å². The number of aryl methyl sites for hydroxylation is 2. The molecule has 168 valence electrons. The number of rotatable bonds is 8. The lowest BCUT2D eigenvalue weighted by atomic mass is 10.2. The normalized spacial score (nSPS) is 11.2. The number of amides is 1. The zero-order valence-electron chi connectivity index (χ0n) is 18.4. The first-order valence-electron chi connectivity index (χ1n) is 10.6. The van der Waals surface area contributed by atoms with Crippen LogP contribution in [0.1, 0.15) is 28.5 Å². The van der Waals surface area contributed by atoms with Crippen molar-refractivity contribution < 1.29 is 9.53 Å². The summed E-state index contributed by atoms with van der Waals surface area (Å²) in [6.07, 6.45) is 3.78. The van der Waals surface area contributed by atoms with Crippen molar-refractivity contribution in [3.63, 3.8) is 0 Å². The van der Waals surface area contributed by atoms with E-state index in [1.807, 2.05) is 49.4 Å². The number of hydrogen-bond donors (Lipinski definition) is 1. The van der Waals surface area contributed by atoms with E-state index in [-0.39, 0.29) is 12.1 Å². The van der Waals surface area contributed by atoms with Crippen LogP contribution < -0.4 is 15.7 Å². The highest BCUT2D eigenvalue weighted by molar-refractivity contribution is 7.18. The smallest absolute Gasteiger partial charge is 0.262 e. The second kappa shape index (κ2) is 10.2. The molecule has 0 radical (unpaired) electrons. The van der Waals surface area contributed by atoms with Crippen molar-refractivity contribution >= 4 is 33.7 Å². The summed E-state index contributed by atoms with van der Waals surface area (Å²) in [5.41, 5.74) is 5.35. The van der Waals surface area contributed by atoms with Crippen molar-refractivity contribution in [2.75, 3.05) is 0 Å². The van der Waals surface area contributed by atoms with Crippen LogP contribution in [0.3, 0.4) is 0 Å². The van der Waals surface area contributed by atoms with Crippen molar-refractivity contribution in [1.82, 2.24) is 15.0 Å². The Labute approximate surface area is 195 Å². The summed E-state index contributed by atoms with van der Waals surface area (Å²) >= 11 is 1.50. The molecule has 0 aliphatic rings. The zero-order valence-corrected chi connectivity index (χ0v) is 19.3. The lowest BCUT2D eigenvalue weighted by Gasteiger charge is -2.07. The van der Waals surface area contributed by atoms with Gasteiger partial charge in [0.1, 0.15) is 23.7 Å². The van der Waals surface area contributed by atoms with Gasteiger partial charge in [-0.15, -0.1) is 11.3 Å². The third-order valence-electron chi connectivity index (χ3n) is 5.04. The summed E-state index contributed by atoms with van der Waals surface area (Å²) in [4.78, 5) is 30.9. The van der Waals surface area contributed by atoms with Gasteiger partial charge in [-0.2, -0.15) is 5.10 Å². The van der Waals surface area contributed by atoms with E-state index in [2.05, 4.69) is 34.6 Å². The molecule has 0 bridgehead atoms. The maximum Gasteiger partial charge on any atom is 0.262 e. The summed E-state index contributed by atoms with van der Waals surface area (Å²) in [6.45, 7) is 4.42. The van der Waals surface area contributed by atoms with Crippen LogP contribution in [0.25, 0.3) is 10.2 Å². The summed E-state index contributed by atoms with van der Waals surface area (Å²) < 4.78 is 7.09. The lowest BCUT2D eigenvalue weighted by molar-refractivity contribution is -0.121. The molecule has 2 aromatic heterocycles. The standard InChI is InChI=1S/C25H24N4O3S/c1-3-21-12-22-24(33-21)26-16-29(25(22)31)14-23(30)28-27-13-18-8-10-20(11-9-18)32-15-19-6-4-17(2)5-7-19/h4-13,16H,3,14-15H2,1-2H3,(H,28,30). The third-order valence-corrected chi connectivity index (χ3v) is 6.23. The fourth-order valence-corrected chi connectivity index (χ4v) is 4.09. The van der Waals surface area contributed by atoms with E-state index in [1.54, 1.807) is 0 Å². The van der Waals surface area contributed by atoms with E-state index >= 15 is 0 Å². The predicted octanol–water partition coefficient (Wildman–Crippen LogP) is 4.06. The average Bonchev–Trinajstić information content (AvgIpc) is 3.26. The second-order valence-electron chi connectivity index (χ2n) is 7.60. The third kappa shape index (κ3) is 5.72. The highest BCUT2D eigenvalue weighted by atomic mass is 32.1. The molecule has 0 atom stereocenters. The van der Waals surface area contributed by atoms with Gasteiger partial charge in [0.15, 0.2) is 0 Å². The van der Waals surface area contributed by atoms with Gasteiger partial charge in [-0.05, 0) is 54.8 Å². The highest BCUT2D eigenvalue weighted by Gasteiger charge is 2.10. The molecule has 0 unspecified atom stereocenters. The number of ether oxygens (including phenoxy) is 1. The Morgan fingerprint density at radius 1 is 1.18 bits per heavy atom. The van der Waals surface area contributed by atoms with Crippen LogP contribution in [0, 0.1) is 6.92 Å². The van der Waals surface area contributed by atoms with Gasteiger partial charge in [-0.25, -0.2) is 10.4 Å². The molecule has 0 aliphatic heterocycles. The Bertz CT molecular complexity index is 1340. The largest absolute Gasteiger partial charge is 0.489 e. The summed E-state index contributed by atoms with van der Waals surface area (Å²) in [5.74, 6) is 0.345. The van der Waals surface area contributed by atoms with Crippen LogP contribution in [0.5, 0.6) is 5.75 Å². The Balaban J connectivity index is 1.30. The minimum Gasteiger partial charge on any atom is -0.489 e. The highest BCUT2D eigenvalue weighted by Crippen LogP contribution is 2.21. The minimum atomic E-state index is -0.404. The number of hydrogen-bond acceptors (Lipinski definition) is 6. The Morgan fingerprint density at radius 2 is 1.94 bits per heavy atom. The summed E-state index contributed by atoms with van der Waals surface area (Å²) in [5, 5.41) is 4.52. The van der Waals surface area contributed by atoms with E-state index in [0.29, 0.717) is 16.8 Å². The quantitative estimate of drug-likeness (QED) is 0.317. The number of thiophene rings is 1. The van der Waals surface area contributed by atoms with Gasteiger partial charge >= 0.3 is 0 Å². The van der Waals surface area contributed by atoms with Crippen LogP contribution in [0.15, 0.2) is 70.8 Å². The van der Waals surface area contributed by atoms with Gasteiger partial charge in [0, 0.05) is 4.88 Å². The molecular weight excluding hydrogens is 436 g/mol. The van der Waals surface area contributed by atoms with Crippen molar-refractivity contribution in [2.24, 2.45) is 5.10 Å². The molecule has 2 aromatic carbocycles. The molecule has 1 amide bonds. The van der Waals surface area contributed by atoms with E-state index in [1.165, 1.54) is 34.0 Å². The Morgan fingerprint density at radius 3 is 2.67 bits per heavy atom. The summed E-state index contributed by atoms with van der Waals surface area (Å²) in [7, 11) is 0. The Kier molecular flexibility index (Phi) is 6.95. The maximum absolute atomic E-state index is 12.6. The number of nitrogens with zero attached hydrogens (tertiary/aromatic N) is 3. The van der Waals surface area contributed by atoms with E-state index in [0.717, 1.165) is 28.2 Å². The molecule has 0 fully saturated rings. The average molecular weight is 461 g/mol. The van der Waals surface area contributed by atoms with Crippen molar-refractivity contribution in [1.29, 1.82) is 0 Å². The molecule has 0 saturated heterocycles. The molecule has 0 aliphatic carbocycles. The molecule has 7 nitrogen and oxygen atoms in total. The first-order chi connectivity index (χ1) is 16.0. The van der Waals surface area contributed by atoms with Crippen LogP contribution in [-0.2, 0) is 24.4 Å². The van der Waals surface area contributed by atoms with Gasteiger partial charge in [-0.3, -0.25) is 14.2 Å². The number of benzene rings is 2. The fraction of sp³-hybridized carbons (Fsp3) is 0.200. The first kappa shape index (κ1) is 22.4. The van der Waals surface area contributed by atoms with Gasteiger partial charge in [0.2, 0.25) is 0 Å². The van der Waals surface area contributed by atoms with Gasteiger partial charge in [0.25, 0.3) is 11.5 Å². The summed E-state index contributed by atoms with van der Waals surface area (Å²) in [6, 6.07) is 17.5. The SMILES string of the molecule is CCc1cc2c(=O)n(CC(=O)NN=Cc3ccc(OCc4ccc(C)cc4)cc3)cnc2s1. The molecule has 0 spiro atoms. The van der Waals surface area contributed by atoms with Gasteiger partial charge < -0.3 is 4.74 Å². The maximum atomic E-state index is 12.6. The van der Waals surface area contributed by atoms with E-state index < -0.39 is 5.91 Å². The van der Waals surface area contributed by atoms with Crippen molar-refractivity contribution in [3.05, 3.63) is 92.8 Å². The molecule has 4 aromatic rings. The molecule has 2 heterocycles. The van der Waals surface area contributed by atoms with Crippen LogP contribution in [0.4, 0.5) is 0 Å². The van der Waals surface area contributed by atoms with E-state index in [4.69, 9.17) is 4.74 Å². The van der Waals surface area contributed by atoms with Gasteiger partial charge in [0.05, 0.1) is 17.9 Å². The molecule has 0 saturated carbocycles. The minimum absolute atomic E-state index is 0.151. The monoisotopic (exact) mass is 460 g/mol. The van der Waals surface area contributed by atoms with E-state index in [9.17, 15) is 9.59 Å². The number of carbonyl (C=O) groups is 1. The number of fused-ring (bicyclic) bond motifs is 1. The number of nitrogens with one attached hydrogen (secondary N) is 1. The Hall–Kier alpha value is -3.78. The molecule has 4 rings (SSSR count). The van der Waals surface area contributed by atoms with Crippen LogP contribution >= 0.6 is 11.3 Å². The number of aromatic nitrogens is 2. The van der Waals surface area contributed by atoms with Crippen LogP contribution in [-0.4, -0.2) is 21.7 Å². The lowest BCUT2D eigenvalue weighted by Crippen LogP contribution is -2.29. The number of carbonyl (C=O) groups excluding carboxylic acids is 1. The molecule has 33 heavy (non-hydrogen) atoms. The fourth-order valence-electron chi connectivity index (χ4n) is 3.17. The molecule has 8 heteroatoms. The van der Waals surface area contributed by atoms with Gasteiger partial charge in [-0.1, -0.05) is 36.8 Å². The predicted molar refractivity (Wildman–Crippen MR) is 131 cm³/mol. The second-order valence-corrected chi connectivity index (χ2v) is 8.71. The van der Waals surface area contributed by atoms with Crippen molar-refractivity contribution in [3.8, 4) is 5.75 Å². The zero-order chi connectivity index (χ0) is 23.2. The molecule has 1 N–H and O–H groups in total. The topological polar surface area (TPSA) is 85.6 Å².